The normalized spacial score (nSPS) is 11.8. The first-order valence-electron chi connectivity index (χ1n) is 18.1. The molecule has 11 rings (SSSR count). The standard InChI is InChI=1S/C50H32N2S/c1-2-13-32(14-3-1)44-31-35(26-28-37(44)34-25-27-40-39-18-8-10-22-45(39)51-46(40)29-34)52(47-23-12-21-43-42-20-9-11-24-49(42)53-50(43)47)48-30-33-15-4-5-16-36(33)38-17-6-7-19-41(38)48/h1-31,51H. The predicted molar refractivity (Wildman–Crippen MR) is 229 cm³/mol. The van der Waals surface area contributed by atoms with Crippen LogP contribution in [0, 0.1) is 0 Å². The number of hydrogen-bond acceptors (Lipinski definition) is 2. The lowest BCUT2D eigenvalue weighted by Crippen LogP contribution is -2.11. The summed E-state index contributed by atoms with van der Waals surface area (Å²) in [5.41, 5.74) is 10.5. The number of nitrogens with zero attached hydrogens (tertiary/aromatic N) is 1. The molecule has 0 unspecified atom stereocenters. The Morgan fingerprint density at radius 1 is 0.377 bits per heavy atom. The summed E-state index contributed by atoms with van der Waals surface area (Å²) in [7, 11) is 0. The molecule has 0 spiro atoms. The highest BCUT2D eigenvalue weighted by Crippen LogP contribution is 2.49. The Kier molecular flexibility index (Phi) is 6.76. The van der Waals surface area contributed by atoms with Crippen LogP contribution in [-0.4, -0.2) is 4.98 Å². The van der Waals surface area contributed by atoms with Crippen molar-refractivity contribution in [2.24, 2.45) is 0 Å². The second-order valence-corrected chi connectivity index (χ2v) is 14.8. The first-order chi connectivity index (χ1) is 26.3. The van der Waals surface area contributed by atoms with Crippen LogP contribution >= 0.6 is 11.3 Å². The number of aromatic nitrogens is 1. The van der Waals surface area contributed by atoms with Crippen molar-refractivity contribution in [3.8, 4) is 22.3 Å². The Morgan fingerprint density at radius 3 is 1.96 bits per heavy atom. The van der Waals surface area contributed by atoms with Gasteiger partial charge < -0.3 is 9.88 Å². The van der Waals surface area contributed by atoms with Crippen molar-refractivity contribution in [3.63, 3.8) is 0 Å². The maximum Gasteiger partial charge on any atom is 0.0640 e. The highest BCUT2D eigenvalue weighted by Gasteiger charge is 2.22. The van der Waals surface area contributed by atoms with Gasteiger partial charge in [-0.05, 0) is 80.9 Å². The van der Waals surface area contributed by atoms with E-state index in [0.29, 0.717) is 0 Å². The van der Waals surface area contributed by atoms with Gasteiger partial charge in [0.15, 0.2) is 0 Å². The second-order valence-electron chi connectivity index (χ2n) is 13.8. The minimum atomic E-state index is 1.12. The molecule has 2 nitrogen and oxygen atoms in total. The molecule has 0 aliphatic rings. The molecule has 0 radical (unpaired) electrons. The lowest BCUT2D eigenvalue weighted by molar-refractivity contribution is 1.32. The van der Waals surface area contributed by atoms with Gasteiger partial charge in [-0.3, -0.25) is 0 Å². The van der Waals surface area contributed by atoms with Crippen LogP contribution in [0.25, 0.3) is 85.8 Å². The lowest BCUT2D eigenvalue weighted by atomic mass is 9.92. The molecule has 53 heavy (non-hydrogen) atoms. The van der Waals surface area contributed by atoms with E-state index in [1.54, 1.807) is 0 Å². The molecule has 0 saturated heterocycles. The van der Waals surface area contributed by atoms with Crippen molar-refractivity contribution in [1.29, 1.82) is 0 Å². The number of H-pyrrole nitrogens is 1. The third-order valence-electron chi connectivity index (χ3n) is 10.8. The van der Waals surface area contributed by atoms with Crippen LogP contribution in [0.1, 0.15) is 0 Å². The molecule has 0 aliphatic heterocycles. The highest BCUT2D eigenvalue weighted by atomic mass is 32.1. The molecule has 0 bridgehead atoms. The van der Waals surface area contributed by atoms with Crippen LogP contribution in [0.5, 0.6) is 0 Å². The molecular weight excluding hydrogens is 661 g/mol. The third kappa shape index (κ3) is 4.78. The molecule has 1 N–H and O–H groups in total. The van der Waals surface area contributed by atoms with Crippen LogP contribution in [0.2, 0.25) is 0 Å². The number of anilines is 3. The second kappa shape index (κ2) is 11.9. The number of rotatable bonds is 5. The van der Waals surface area contributed by atoms with Gasteiger partial charge in [-0.25, -0.2) is 0 Å². The Hall–Kier alpha value is -6.68. The van der Waals surface area contributed by atoms with Crippen LogP contribution in [0.15, 0.2) is 188 Å². The fourth-order valence-corrected chi connectivity index (χ4v) is 9.54. The maximum atomic E-state index is 3.67. The molecule has 9 aromatic carbocycles. The molecule has 2 aromatic heterocycles. The number of para-hydroxylation sites is 1. The minimum Gasteiger partial charge on any atom is -0.354 e. The van der Waals surface area contributed by atoms with Crippen LogP contribution in [-0.2, 0) is 0 Å². The number of nitrogens with one attached hydrogen (secondary N) is 1. The number of thiophene rings is 1. The van der Waals surface area contributed by atoms with E-state index in [9.17, 15) is 0 Å². The largest absolute Gasteiger partial charge is 0.354 e. The van der Waals surface area contributed by atoms with Gasteiger partial charge >= 0.3 is 0 Å². The van der Waals surface area contributed by atoms with Gasteiger partial charge in [-0.2, -0.15) is 0 Å². The smallest absolute Gasteiger partial charge is 0.0640 e. The van der Waals surface area contributed by atoms with Crippen molar-refractivity contribution in [3.05, 3.63) is 188 Å². The number of aromatic amines is 1. The summed E-state index contributed by atoms with van der Waals surface area (Å²) in [5, 5.41) is 10.0. The van der Waals surface area contributed by atoms with Crippen molar-refractivity contribution in [2.75, 3.05) is 4.90 Å². The summed E-state index contributed by atoms with van der Waals surface area (Å²) in [6, 6.07) is 68.8. The summed E-state index contributed by atoms with van der Waals surface area (Å²) in [6.45, 7) is 0. The summed E-state index contributed by atoms with van der Waals surface area (Å²) >= 11 is 1.87. The summed E-state index contributed by atoms with van der Waals surface area (Å²) in [4.78, 5) is 6.18. The predicted octanol–water partition coefficient (Wildman–Crippen LogP) is 14.8. The van der Waals surface area contributed by atoms with Gasteiger partial charge in [0.1, 0.15) is 0 Å². The fraction of sp³-hybridized carbons (Fsp3) is 0. The molecule has 0 fully saturated rings. The average molecular weight is 693 g/mol. The molecule has 3 heteroatoms. The molecule has 0 saturated carbocycles. The molecule has 11 aromatic rings. The van der Waals surface area contributed by atoms with Gasteiger partial charge in [0.25, 0.3) is 0 Å². The quantitative estimate of drug-likeness (QED) is 0.178. The van der Waals surface area contributed by atoms with Gasteiger partial charge in [-0.1, -0.05) is 146 Å². The molecule has 2 heterocycles. The molecule has 0 aliphatic carbocycles. The van der Waals surface area contributed by atoms with Crippen LogP contribution in [0.3, 0.4) is 0 Å². The maximum absolute atomic E-state index is 3.67. The number of benzene rings is 9. The Balaban J connectivity index is 1.20. The van der Waals surface area contributed by atoms with Crippen molar-refractivity contribution in [2.45, 2.75) is 0 Å². The van der Waals surface area contributed by atoms with E-state index in [0.717, 1.165) is 22.4 Å². The van der Waals surface area contributed by atoms with Crippen LogP contribution < -0.4 is 4.90 Å². The van der Waals surface area contributed by atoms with E-state index in [2.05, 4.69) is 198 Å². The van der Waals surface area contributed by atoms with E-state index in [4.69, 9.17) is 0 Å². The monoisotopic (exact) mass is 692 g/mol. The van der Waals surface area contributed by atoms with Crippen molar-refractivity contribution in [1.82, 2.24) is 4.98 Å². The minimum absolute atomic E-state index is 1.12. The van der Waals surface area contributed by atoms with E-state index >= 15 is 0 Å². The van der Waals surface area contributed by atoms with Gasteiger partial charge in [-0.15, -0.1) is 11.3 Å². The zero-order chi connectivity index (χ0) is 34.9. The average Bonchev–Trinajstić information content (AvgIpc) is 3.80. The van der Waals surface area contributed by atoms with Crippen LogP contribution in [0.4, 0.5) is 17.1 Å². The Morgan fingerprint density at radius 2 is 1.08 bits per heavy atom. The first-order valence-corrected chi connectivity index (χ1v) is 18.9. The fourth-order valence-electron chi connectivity index (χ4n) is 8.34. The van der Waals surface area contributed by atoms with E-state index < -0.39 is 0 Å². The summed E-state index contributed by atoms with van der Waals surface area (Å²) in [6.07, 6.45) is 0. The Labute approximate surface area is 310 Å². The molecule has 248 valence electrons. The highest BCUT2D eigenvalue weighted by molar-refractivity contribution is 7.26. The SMILES string of the molecule is c1ccc(-c2cc(N(c3cc4ccccc4c4ccccc34)c3cccc4c3sc3ccccc34)ccc2-c2ccc3c(c2)[nH]c2ccccc23)cc1. The third-order valence-corrected chi connectivity index (χ3v) is 12.0. The Bertz CT molecular complexity index is 3190. The number of fused-ring (bicyclic) bond motifs is 9. The van der Waals surface area contributed by atoms with Gasteiger partial charge in [0.2, 0.25) is 0 Å². The topological polar surface area (TPSA) is 19.0 Å². The van der Waals surface area contributed by atoms with E-state index in [1.807, 2.05) is 11.3 Å². The van der Waals surface area contributed by atoms with E-state index in [-0.39, 0.29) is 0 Å². The molecule has 0 atom stereocenters. The number of hydrogen-bond donors (Lipinski definition) is 1. The first kappa shape index (κ1) is 30.0. The molecule has 0 amide bonds. The van der Waals surface area contributed by atoms with Crippen molar-refractivity contribution < 1.29 is 0 Å². The van der Waals surface area contributed by atoms with Gasteiger partial charge in [0.05, 0.1) is 16.1 Å². The zero-order valence-electron chi connectivity index (χ0n) is 28.8. The zero-order valence-corrected chi connectivity index (χ0v) is 29.6. The van der Waals surface area contributed by atoms with Gasteiger partial charge in [0, 0.05) is 48.4 Å². The summed E-state index contributed by atoms with van der Waals surface area (Å²) in [5.74, 6) is 0. The van der Waals surface area contributed by atoms with E-state index in [1.165, 1.54) is 80.4 Å². The summed E-state index contributed by atoms with van der Waals surface area (Å²) < 4.78 is 2.58. The molecular formula is C50H32N2S. The lowest BCUT2D eigenvalue weighted by Gasteiger charge is -2.29. The van der Waals surface area contributed by atoms with Crippen molar-refractivity contribution >= 4 is 91.9 Å².